The first-order valence-corrected chi connectivity index (χ1v) is 8.08. The van der Waals surface area contributed by atoms with Gasteiger partial charge in [-0.2, -0.15) is 0 Å². The number of rotatable bonds is 0. The Morgan fingerprint density at radius 3 is 2.23 bits per heavy atom. The minimum Gasteiger partial charge on any atom is -0.127 e. The van der Waals surface area contributed by atoms with Crippen LogP contribution in [0.25, 0.3) is 0 Å². The summed E-state index contributed by atoms with van der Waals surface area (Å²) in [4.78, 5) is 0. The highest BCUT2D eigenvalue weighted by Crippen LogP contribution is 2.05. The molecule has 0 aliphatic rings. The second kappa shape index (κ2) is 3.80. The van der Waals surface area contributed by atoms with Gasteiger partial charge >= 0.3 is 0 Å². The Bertz CT molecular complexity index is 347. The Labute approximate surface area is 82.0 Å². The van der Waals surface area contributed by atoms with E-state index in [9.17, 15) is 0 Å². The van der Waals surface area contributed by atoms with Crippen molar-refractivity contribution < 1.29 is 0 Å². The van der Waals surface area contributed by atoms with Crippen molar-refractivity contribution in [2.45, 2.75) is 26.6 Å². The van der Waals surface area contributed by atoms with Crippen LogP contribution in [-0.4, -0.2) is 8.07 Å². The van der Waals surface area contributed by atoms with E-state index in [2.05, 4.69) is 56.2 Å². The van der Waals surface area contributed by atoms with Crippen molar-refractivity contribution in [1.29, 1.82) is 0 Å². The van der Waals surface area contributed by atoms with E-state index in [1.54, 1.807) is 0 Å². The molecule has 0 aromatic heterocycles. The van der Waals surface area contributed by atoms with Gasteiger partial charge in [-0.1, -0.05) is 43.8 Å². The van der Waals surface area contributed by atoms with E-state index in [1.807, 2.05) is 6.07 Å². The number of aryl methyl sites for hydroxylation is 1. The molecule has 1 rings (SSSR count). The number of hydrogen-bond acceptors (Lipinski definition) is 0. The van der Waals surface area contributed by atoms with Gasteiger partial charge < -0.3 is 0 Å². The molecule has 0 radical (unpaired) electrons. The summed E-state index contributed by atoms with van der Waals surface area (Å²) in [6, 6.07) is 8.28. The van der Waals surface area contributed by atoms with Crippen LogP contribution in [0.2, 0.25) is 19.6 Å². The molecular weight excluding hydrogens is 172 g/mol. The summed E-state index contributed by atoms with van der Waals surface area (Å²) < 4.78 is 0. The van der Waals surface area contributed by atoms with Crippen LogP contribution in [0.15, 0.2) is 24.3 Å². The molecule has 0 fully saturated rings. The minimum absolute atomic E-state index is 1.17. The third-order valence-electron chi connectivity index (χ3n) is 1.72. The van der Waals surface area contributed by atoms with Crippen molar-refractivity contribution in [2.24, 2.45) is 0 Å². The van der Waals surface area contributed by atoms with E-state index in [1.165, 1.54) is 11.1 Å². The second-order valence-corrected chi connectivity index (χ2v) is 9.06. The van der Waals surface area contributed by atoms with Gasteiger partial charge in [-0.05, 0) is 18.6 Å². The first kappa shape index (κ1) is 10.1. The standard InChI is InChI=1S/C12H16Si/c1-11-7-5-6-8-12(11)9-10-13(2,3)4/h5-8H,1-4H3. The van der Waals surface area contributed by atoms with Crippen molar-refractivity contribution in [3.8, 4) is 11.5 Å². The van der Waals surface area contributed by atoms with Crippen LogP contribution in [0.1, 0.15) is 11.1 Å². The van der Waals surface area contributed by atoms with Crippen LogP contribution in [0.3, 0.4) is 0 Å². The first-order chi connectivity index (χ1) is 5.99. The lowest BCUT2D eigenvalue weighted by molar-refractivity contribution is 1.44. The maximum absolute atomic E-state index is 3.37. The molecule has 0 aliphatic heterocycles. The Hall–Kier alpha value is -1.00. The minimum atomic E-state index is -1.22. The largest absolute Gasteiger partial charge is 0.129 e. The van der Waals surface area contributed by atoms with E-state index in [-0.39, 0.29) is 0 Å². The van der Waals surface area contributed by atoms with E-state index in [0.29, 0.717) is 0 Å². The van der Waals surface area contributed by atoms with E-state index < -0.39 is 8.07 Å². The fourth-order valence-electron chi connectivity index (χ4n) is 0.968. The molecule has 0 aliphatic carbocycles. The molecular formula is C12H16Si. The van der Waals surface area contributed by atoms with E-state index in [0.717, 1.165) is 0 Å². The molecule has 1 aromatic rings. The second-order valence-electron chi connectivity index (χ2n) is 4.31. The number of benzene rings is 1. The highest BCUT2D eigenvalue weighted by Gasteiger charge is 2.07. The average Bonchev–Trinajstić information content (AvgIpc) is 2.01. The molecule has 0 bridgehead atoms. The van der Waals surface area contributed by atoms with Crippen LogP contribution in [0.5, 0.6) is 0 Å². The van der Waals surface area contributed by atoms with Gasteiger partial charge in [0.05, 0.1) is 0 Å². The zero-order valence-corrected chi connectivity index (χ0v) is 9.81. The van der Waals surface area contributed by atoms with Crippen LogP contribution in [-0.2, 0) is 0 Å². The summed E-state index contributed by atoms with van der Waals surface area (Å²) in [6.45, 7) is 8.89. The van der Waals surface area contributed by atoms with E-state index >= 15 is 0 Å². The van der Waals surface area contributed by atoms with Gasteiger partial charge in [0.1, 0.15) is 8.07 Å². The van der Waals surface area contributed by atoms with Crippen molar-refractivity contribution >= 4 is 8.07 Å². The summed E-state index contributed by atoms with van der Waals surface area (Å²) >= 11 is 0. The Morgan fingerprint density at radius 1 is 1.08 bits per heavy atom. The highest BCUT2D eigenvalue weighted by molar-refractivity contribution is 6.83. The summed E-state index contributed by atoms with van der Waals surface area (Å²) in [5, 5.41) is 0. The molecule has 0 N–H and O–H groups in total. The third-order valence-corrected chi connectivity index (χ3v) is 2.59. The van der Waals surface area contributed by atoms with Gasteiger partial charge in [-0.15, -0.1) is 5.54 Å². The fourth-order valence-corrected chi connectivity index (χ4v) is 1.48. The predicted octanol–water partition coefficient (Wildman–Crippen LogP) is 3.22. The fraction of sp³-hybridized carbons (Fsp3) is 0.333. The highest BCUT2D eigenvalue weighted by atomic mass is 28.3. The zero-order chi connectivity index (χ0) is 9.90. The SMILES string of the molecule is Cc1ccccc1C#C[Si](C)(C)C. The molecule has 0 heterocycles. The zero-order valence-electron chi connectivity index (χ0n) is 8.81. The van der Waals surface area contributed by atoms with Crippen LogP contribution in [0.4, 0.5) is 0 Å². The van der Waals surface area contributed by atoms with Gasteiger partial charge in [0.15, 0.2) is 0 Å². The van der Waals surface area contributed by atoms with Gasteiger partial charge in [-0.25, -0.2) is 0 Å². The van der Waals surface area contributed by atoms with Crippen LogP contribution < -0.4 is 0 Å². The predicted molar refractivity (Wildman–Crippen MR) is 61.4 cm³/mol. The van der Waals surface area contributed by atoms with Gasteiger partial charge in [0.25, 0.3) is 0 Å². The molecule has 0 unspecified atom stereocenters. The maximum atomic E-state index is 3.37. The van der Waals surface area contributed by atoms with E-state index in [4.69, 9.17) is 0 Å². The lowest BCUT2D eigenvalue weighted by atomic mass is 10.1. The topological polar surface area (TPSA) is 0 Å². The van der Waals surface area contributed by atoms with Gasteiger partial charge in [0.2, 0.25) is 0 Å². The summed E-state index contributed by atoms with van der Waals surface area (Å²) in [6.07, 6.45) is 0. The molecule has 0 spiro atoms. The summed E-state index contributed by atoms with van der Waals surface area (Å²) in [7, 11) is -1.22. The Balaban J connectivity index is 2.97. The average molecular weight is 188 g/mol. The van der Waals surface area contributed by atoms with Crippen molar-refractivity contribution in [3.05, 3.63) is 35.4 Å². The van der Waals surface area contributed by atoms with Gasteiger partial charge in [0, 0.05) is 5.56 Å². The summed E-state index contributed by atoms with van der Waals surface area (Å²) in [5.41, 5.74) is 5.81. The van der Waals surface area contributed by atoms with Crippen molar-refractivity contribution in [2.75, 3.05) is 0 Å². The lowest BCUT2D eigenvalue weighted by Gasteiger charge is -2.04. The van der Waals surface area contributed by atoms with Crippen LogP contribution in [0, 0.1) is 18.4 Å². The quantitative estimate of drug-likeness (QED) is 0.433. The van der Waals surface area contributed by atoms with Crippen molar-refractivity contribution in [1.82, 2.24) is 0 Å². The molecule has 1 heteroatoms. The number of hydrogen-bond donors (Lipinski definition) is 0. The molecule has 0 saturated heterocycles. The molecule has 0 saturated carbocycles. The molecule has 13 heavy (non-hydrogen) atoms. The van der Waals surface area contributed by atoms with Crippen LogP contribution >= 0.6 is 0 Å². The Kier molecular flexibility index (Phi) is 2.95. The smallest absolute Gasteiger partial charge is 0.127 e. The van der Waals surface area contributed by atoms with Crippen molar-refractivity contribution in [3.63, 3.8) is 0 Å². The maximum Gasteiger partial charge on any atom is 0.129 e. The lowest BCUT2D eigenvalue weighted by Crippen LogP contribution is -2.16. The third kappa shape index (κ3) is 3.48. The van der Waals surface area contributed by atoms with Gasteiger partial charge in [-0.3, -0.25) is 0 Å². The Morgan fingerprint density at radius 2 is 1.69 bits per heavy atom. The first-order valence-electron chi connectivity index (χ1n) is 4.58. The molecule has 0 atom stereocenters. The molecule has 0 nitrogen and oxygen atoms in total. The monoisotopic (exact) mass is 188 g/mol. The molecule has 0 amide bonds. The normalized spacial score (nSPS) is 10.5. The molecule has 68 valence electrons. The molecule has 1 aromatic carbocycles. The summed E-state index contributed by atoms with van der Waals surface area (Å²) in [5.74, 6) is 3.26.